The van der Waals surface area contributed by atoms with E-state index < -0.39 is 11.4 Å². The van der Waals surface area contributed by atoms with Crippen molar-refractivity contribution in [3.05, 3.63) is 87.2 Å². The summed E-state index contributed by atoms with van der Waals surface area (Å²) in [6, 6.07) is 16.2. The van der Waals surface area contributed by atoms with Gasteiger partial charge in [0.05, 0.1) is 24.1 Å². The van der Waals surface area contributed by atoms with Gasteiger partial charge in [-0.15, -0.1) is 0 Å². The number of ether oxygens (including phenoxy) is 1. The molecule has 1 aromatic heterocycles. The summed E-state index contributed by atoms with van der Waals surface area (Å²) in [5, 5.41) is 3.92. The Balaban J connectivity index is 1.72. The lowest BCUT2D eigenvalue weighted by molar-refractivity contribution is -0.119. The van der Waals surface area contributed by atoms with Crippen molar-refractivity contribution < 1.29 is 14.3 Å². The zero-order chi connectivity index (χ0) is 29.4. The minimum Gasteiger partial charge on any atom is -0.496 e. The molecule has 2 aliphatic rings. The zero-order valence-corrected chi connectivity index (χ0v) is 25.1. The van der Waals surface area contributed by atoms with Crippen LogP contribution >= 0.6 is 23.2 Å². The standard InChI is InChI=1S/C31H29Cl2N5O3/c1-16(2)37-27-26(35-28(37)21-11-10-20(36(4)5)15-25(21)41-6)29(39)38(24-14-19(33)8-7-17(24)3)31(27)22-12-9-18(32)13-23(22)34-30(31)40/h7-16H,1-6H3,(H,34,40). The molecule has 4 aromatic rings. The molecule has 2 amide bonds. The number of halogens is 2. The van der Waals surface area contributed by atoms with Crippen molar-refractivity contribution in [2.75, 3.05) is 36.3 Å². The Bertz CT molecular complexity index is 1760. The van der Waals surface area contributed by atoms with Gasteiger partial charge in [-0.05, 0) is 62.7 Å². The van der Waals surface area contributed by atoms with Crippen molar-refractivity contribution in [3.63, 3.8) is 0 Å². The summed E-state index contributed by atoms with van der Waals surface area (Å²) in [7, 11) is 5.51. The number of amides is 2. The highest BCUT2D eigenvalue weighted by Crippen LogP contribution is 2.55. The number of benzene rings is 3. The molecule has 0 fully saturated rings. The number of anilines is 3. The molecule has 1 spiro atoms. The third-order valence-electron chi connectivity index (χ3n) is 7.81. The van der Waals surface area contributed by atoms with Crippen molar-refractivity contribution >= 4 is 52.1 Å². The number of carbonyl (C=O) groups is 2. The van der Waals surface area contributed by atoms with Crippen LogP contribution in [0, 0.1) is 6.92 Å². The number of carbonyl (C=O) groups excluding carboxylic acids is 2. The molecule has 0 radical (unpaired) electrons. The van der Waals surface area contributed by atoms with Gasteiger partial charge in [0.1, 0.15) is 11.6 Å². The van der Waals surface area contributed by atoms with Gasteiger partial charge in [-0.2, -0.15) is 0 Å². The van der Waals surface area contributed by atoms with Crippen LogP contribution in [0.2, 0.25) is 10.0 Å². The summed E-state index contributed by atoms with van der Waals surface area (Å²) in [4.78, 5) is 37.4. The molecule has 41 heavy (non-hydrogen) atoms. The predicted molar refractivity (Wildman–Crippen MR) is 163 cm³/mol. The summed E-state index contributed by atoms with van der Waals surface area (Å²) < 4.78 is 7.77. The maximum atomic E-state index is 14.5. The summed E-state index contributed by atoms with van der Waals surface area (Å²) >= 11 is 12.8. The molecule has 3 heterocycles. The van der Waals surface area contributed by atoms with E-state index in [9.17, 15) is 9.59 Å². The maximum absolute atomic E-state index is 14.5. The van der Waals surface area contributed by atoms with E-state index in [0.717, 1.165) is 11.3 Å². The zero-order valence-electron chi connectivity index (χ0n) is 23.5. The van der Waals surface area contributed by atoms with Gasteiger partial charge < -0.3 is 19.5 Å². The summed E-state index contributed by atoms with van der Waals surface area (Å²) in [6.45, 7) is 5.90. The molecule has 0 saturated carbocycles. The Kier molecular flexibility index (Phi) is 6.32. The van der Waals surface area contributed by atoms with Crippen LogP contribution in [0.3, 0.4) is 0 Å². The predicted octanol–water partition coefficient (Wildman–Crippen LogP) is 6.68. The minimum absolute atomic E-state index is 0.172. The number of nitrogens with zero attached hydrogens (tertiary/aromatic N) is 4. The second kappa shape index (κ2) is 9.53. The second-order valence-corrected chi connectivity index (χ2v) is 11.7. The Hall–Kier alpha value is -4.01. The normalized spacial score (nSPS) is 17.3. The van der Waals surface area contributed by atoms with Gasteiger partial charge in [0.25, 0.3) is 11.8 Å². The molecule has 6 rings (SSSR count). The number of aryl methyl sites for hydroxylation is 1. The molecule has 10 heteroatoms. The summed E-state index contributed by atoms with van der Waals surface area (Å²) in [6.07, 6.45) is 0. The third-order valence-corrected chi connectivity index (χ3v) is 8.28. The molecule has 3 aromatic carbocycles. The third kappa shape index (κ3) is 3.77. The van der Waals surface area contributed by atoms with Crippen LogP contribution in [0.4, 0.5) is 17.1 Å². The van der Waals surface area contributed by atoms with Gasteiger partial charge in [0.2, 0.25) is 0 Å². The molecular formula is C31H29Cl2N5O3. The second-order valence-electron chi connectivity index (χ2n) is 10.8. The van der Waals surface area contributed by atoms with E-state index in [4.69, 9.17) is 32.9 Å². The Morgan fingerprint density at radius 3 is 2.39 bits per heavy atom. The summed E-state index contributed by atoms with van der Waals surface area (Å²) in [5.74, 6) is 0.379. The smallest absolute Gasteiger partial charge is 0.280 e. The Morgan fingerprint density at radius 2 is 1.71 bits per heavy atom. The Morgan fingerprint density at radius 1 is 1.00 bits per heavy atom. The highest BCUT2D eigenvalue weighted by molar-refractivity contribution is 6.32. The average Bonchev–Trinajstić information content (AvgIpc) is 3.53. The van der Waals surface area contributed by atoms with Crippen molar-refractivity contribution in [2.24, 2.45) is 0 Å². The fraction of sp³-hybridized carbons (Fsp3) is 0.258. The van der Waals surface area contributed by atoms with Crippen molar-refractivity contribution in [1.82, 2.24) is 9.55 Å². The minimum atomic E-state index is -1.55. The van der Waals surface area contributed by atoms with E-state index in [1.165, 1.54) is 4.90 Å². The van der Waals surface area contributed by atoms with E-state index in [1.807, 2.05) is 68.6 Å². The van der Waals surface area contributed by atoms with Gasteiger partial charge in [-0.25, -0.2) is 4.98 Å². The number of hydrogen-bond donors (Lipinski definition) is 1. The van der Waals surface area contributed by atoms with Gasteiger partial charge in [0, 0.05) is 53.2 Å². The SMILES string of the molecule is COc1cc(N(C)C)ccc1-c1nc2c(n1C(C)C)C1(C(=O)Nc3cc(Cl)ccc31)N(c1cc(Cl)ccc1C)C2=O. The van der Waals surface area contributed by atoms with Crippen LogP contribution in [0.15, 0.2) is 54.6 Å². The van der Waals surface area contributed by atoms with Gasteiger partial charge in [-0.3, -0.25) is 14.5 Å². The number of rotatable bonds is 5. The number of hydrogen-bond acceptors (Lipinski definition) is 5. The number of imidazole rings is 1. The topological polar surface area (TPSA) is 79.7 Å². The average molecular weight is 591 g/mol. The molecule has 8 nitrogen and oxygen atoms in total. The van der Waals surface area contributed by atoms with Crippen LogP contribution in [0.5, 0.6) is 5.75 Å². The van der Waals surface area contributed by atoms with Gasteiger partial charge in [-0.1, -0.05) is 35.3 Å². The van der Waals surface area contributed by atoms with Crippen LogP contribution in [-0.2, 0) is 10.3 Å². The van der Waals surface area contributed by atoms with Crippen LogP contribution in [0.25, 0.3) is 11.4 Å². The fourth-order valence-corrected chi connectivity index (χ4v) is 6.31. The fourth-order valence-electron chi connectivity index (χ4n) is 5.97. The van der Waals surface area contributed by atoms with E-state index in [2.05, 4.69) is 5.32 Å². The van der Waals surface area contributed by atoms with E-state index in [0.29, 0.717) is 49.8 Å². The van der Waals surface area contributed by atoms with Crippen molar-refractivity contribution in [3.8, 4) is 17.1 Å². The van der Waals surface area contributed by atoms with Crippen molar-refractivity contribution in [2.45, 2.75) is 32.4 Å². The lowest BCUT2D eigenvalue weighted by Crippen LogP contribution is -2.51. The number of nitrogens with one attached hydrogen (secondary N) is 1. The lowest BCUT2D eigenvalue weighted by atomic mass is 9.86. The molecule has 2 aliphatic heterocycles. The van der Waals surface area contributed by atoms with E-state index >= 15 is 0 Å². The number of aromatic nitrogens is 2. The van der Waals surface area contributed by atoms with Crippen LogP contribution < -0.4 is 19.9 Å². The highest BCUT2D eigenvalue weighted by atomic mass is 35.5. The molecule has 0 bridgehead atoms. The first-order chi connectivity index (χ1) is 19.5. The summed E-state index contributed by atoms with van der Waals surface area (Å²) in [5.41, 5.74) is 3.28. The molecule has 210 valence electrons. The van der Waals surface area contributed by atoms with Gasteiger partial charge in [0.15, 0.2) is 11.2 Å². The van der Waals surface area contributed by atoms with E-state index in [1.54, 1.807) is 37.4 Å². The monoisotopic (exact) mass is 589 g/mol. The number of methoxy groups -OCH3 is 1. The first kappa shape index (κ1) is 27.2. The molecule has 1 unspecified atom stereocenters. The highest BCUT2D eigenvalue weighted by Gasteiger charge is 2.64. The van der Waals surface area contributed by atoms with E-state index in [-0.39, 0.29) is 17.6 Å². The van der Waals surface area contributed by atoms with Gasteiger partial charge >= 0.3 is 0 Å². The quantitative estimate of drug-likeness (QED) is 0.281. The van der Waals surface area contributed by atoms with Crippen molar-refractivity contribution in [1.29, 1.82) is 0 Å². The molecule has 0 aliphatic carbocycles. The lowest BCUT2D eigenvalue weighted by Gasteiger charge is -2.36. The first-order valence-corrected chi connectivity index (χ1v) is 14.0. The maximum Gasteiger partial charge on any atom is 0.280 e. The molecule has 1 atom stereocenters. The largest absolute Gasteiger partial charge is 0.496 e. The first-order valence-electron chi connectivity index (χ1n) is 13.2. The van der Waals surface area contributed by atoms with Crippen LogP contribution in [-0.4, -0.2) is 42.6 Å². The molecule has 0 saturated heterocycles. The Labute approximate surface area is 248 Å². The number of fused-ring (bicyclic) bond motifs is 4. The van der Waals surface area contributed by atoms with Crippen LogP contribution in [0.1, 0.15) is 47.2 Å². The molecular weight excluding hydrogens is 561 g/mol. The molecule has 1 N–H and O–H groups in total.